The Morgan fingerprint density at radius 3 is 1.65 bits per heavy atom. The Balaban J connectivity index is 3.13. The SMILES string of the molecule is CCCCCCCC/C=C/CCCCCCCCOS(=O)(=O)O. The summed E-state index contributed by atoms with van der Waals surface area (Å²) < 4.78 is 33.3. The molecule has 0 rings (SSSR count). The highest BCUT2D eigenvalue weighted by atomic mass is 32.3. The largest absolute Gasteiger partial charge is 0.397 e. The van der Waals surface area contributed by atoms with Crippen molar-refractivity contribution >= 4 is 10.4 Å². The third-order valence-corrected chi connectivity index (χ3v) is 4.35. The van der Waals surface area contributed by atoms with Crippen LogP contribution in [0, 0.1) is 0 Å². The third kappa shape index (κ3) is 21.6. The molecule has 0 aromatic rings. The molecule has 0 aliphatic heterocycles. The average Bonchev–Trinajstić information content (AvgIpc) is 2.49. The van der Waals surface area contributed by atoms with Crippen LogP contribution in [0.2, 0.25) is 0 Å². The lowest BCUT2D eigenvalue weighted by Gasteiger charge is -2.01. The van der Waals surface area contributed by atoms with E-state index in [2.05, 4.69) is 23.3 Å². The van der Waals surface area contributed by atoms with Crippen LogP contribution in [0.5, 0.6) is 0 Å². The predicted molar refractivity (Wildman–Crippen MR) is 97.0 cm³/mol. The minimum Gasteiger partial charge on any atom is -0.264 e. The second-order valence-electron chi connectivity index (χ2n) is 6.19. The number of rotatable bonds is 17. The molecule has 0 saturated heterocycles. The van der Waals surface area contributed by atoms with Gasteiger partial charge in [-0.1, -0.05) is 76.9 Å². The number of hydrogen-bond donors (Lipinski definition) is 1. The van der Waals surface area contributed by atoms with Crippen molar-refractivity contribution in [3.63, 3.8) is 0 Å². The summed E-state index contributed by atoms with van der Waals surface area (Å²) >= 11 is 0. The molecule has 0 unspecified atom stereocenters. The maximum atomic E-state index is 10.3. The van der Waals surface area contributed by atoms with Crippen molar-refractivity contribution in [3.8, 4) is 0 Å². The molecular formula is C18H36O4S. The third-order valence-electron chi connectivity index (χ3n) is 3.89. The molecule has 4 nitrogen and oxygen atoms in total. The summed E-state index contributed by atoms with van der Waals surface area (Å²) in [6.07, 6.45) is 21.5. The van der Waals surface area contributed by atoms with Crippen molar-refractivity contribution in [2.75, 3.05) is 6.61 Å². The first-order valence-electron chi connectivity index (χ1n) is 9.33. The fourth-order valence-electron chi connectivity index (χ4n) is 2.51. The van der Waals surface area contributed by atoms with Gasteiger partial charge < -0.3 is 0 Å². The highest BCUT2D eigenvalue weighted by Gasteiger charge is 2.02. The van der Waals surface area contributed by atoms with Crippen molar-refractivity contribution < 1.29 is 17.2 Å². The minimum atomic E-state index is -4.25. The molecule has 0 heterocycles. The maximum absolute atomic E-state index is 10.3. The zero-order chi connectivity index (χ0) is 17.2. The van der Waals surface area contributed by atoms with Crippen LogP contribution in [-0.2, 0) is 14.6 Å². The number of allylic oxidation sites excluding steroid dienone is 2. The smallest absolute Gasteiger partial charge is 0.264 e. The molecular weight excluding hydrogens is 312 g/mol. The Morgan fingerprint density at radius 2 is 1.17 bits per heavy atom. The molecule has 0 spiro atoms. The van der Waals surface area contributed by atoms with Gasteiger partial charge in [0.05, 0.1) is 6.61 Å². The predicted octanol–water partition coefficient (Wildman–Crippen LogP) is 5.84. The van der Waals surface area contributed by atoms with E-state index >= 15 is 0 Å². The summed E-state index contributed by atoms with van der Waals surface area (Å²) in [5, 5.41) is 0. The molecule has 5 heteroatoms. The average molecular weight is 349 g/mol. The molecule has 1 N–H and O–H groups in total. The van der Waals surface area contributed by atoms with Crippen LogP contribution in [0.3, 0.4) is 0 Å². The first-order chi connectivity index (χ1) is 11.1. The van der Waals surface area contributed by atoms with Crippen LogP contribution in [0.15, 0.2) is 12.2 Å². The fourth-order valence-corrected chi connectivity index (χ4v) is 2.84. The summed E-state index contributed by atoms with van der Waals surface area (Å²) in [6.45, 7) is 2.33. The number of hydrogen-bond acceptors (Lipinski definition) is 3. The molecule has 0 saturated carbocycles. The molecule has 138 valence electrons. The molecule has 0 aliphatic rings. The zero-order valence-electron chi connectivity index (χ0n) is 14.8. The van der Waals surface area contributed by atoms with Crippen LogP contribution in [0.1, 0.15) is 96.8 Å². The van der Waals surface area contributed by atoms with Gasteiger partial charge in [0.2, 0.25) is 0 Å². The molecule has 0 aromatic heterocycles. The van der Waals surface area contributed by atoms with Crippen molar-refractivity contribution in [1.29, 1.82) is 0 Å². The lowest BCUT2D eigenvalue weighted by atomic mass is 10.1. The van der Waals surface area contributed by atoms with Crippen molar-refractivity contribution in [2.45, 2.75) is 96.8 Å². The molecule has 0 bridgehead atoms. The van der Waals surface area contributed by atoms with Crippen LogP contribution in [0.4, 0.5) is 0 Å². The topological polar surface area (TPSA) is 63.6 Å². The van der Waals surface area contributed by atoms with E-state index in [-0.39, 0.29) is 6.61 Å². The van der Waals surface area contributed by atoms with E-state index in [1.54, 1.807) is 0 Å². The van der Waals surface area contributed by atoms with Gasteiger partial charge in [-0.15, -0.1) is 0 Å². The first kappa shape index (κ1) is 22.6. The number of unbranched alkanes of at least 4 members (excludes halogenated alkanes) is 12. The first-order valence-corrected chi connectivity index (χ1v) is 10.7. The normalized spacial score (nSPS) is 12.3. The van der Waals surface area contributed by atoms with E-state index in [1.807, 2.05) is 0 Å². The minimum absolute atomic E-state index is 0.0833. The van der Waals surface area contributed by atoms with Crippen LogP contribution >= 0.6 is 0 Å². The van der Waals surface area contributed by atoms with Gasteiger partial charge in [0, 0.05) is 0 Å². The quantitative estimate of drug-likeness (QED) is 0.204. The molecule has 0 radical (unpaired) electrons. The van der Waals surface area contributed by atoms with Crippen LogP contribution < -0.4 is 0 Å². The van der Waals surface area contributed by atoms with Crippen molar-refractivity contribution in [2.24, 2.45) is 0 Å². The Hall–Kier alpha value is -0.390. The van der Waals surface area contributed by atoms with Gasteiger partial charge in [-0.25, -0.2) is 4.18 Å². The Bertz CT molecular complexity index is 363. The van der Waals surface area contributed by atoms with Gasteiger partial charge in [0.1, 0.15) is 0 Å². The summed E-state index contributed by atoms with van der Waals surface area (Å²) in [5.74, 6) is 0. The second kappa shape index (κ2) is 16.5. The Morgan fingerprint density at radius 1 is 0.739 bits per heavy atom. The molecule has 23 heavy (non-hydrogen) atoms. The van der Waals surface area contributed by atoms with Gasteiger partial charge in [0.25, 0.3) is 0 Å². The van der Waals surface area contributed by atoms with E-state index in [4.69, 9.17) is 4.55 Å². The highest BCUT2D eigenvalue weighted by molar-refractivity contribution is 7.80. The molecule has 0 aromatic carbocycles. The second-order valence-corrected chi connectivity index (χ2v) is 7.28. The monoisotopic (exact) mass is 348 g/mol. The molecule has 0 amide bonds. The van der Waals surface area contributed by atoms with E-state index in [9.17, 15) is 8.42 Å². The van der Waals surface area contributed by atoms with Gasteiger partial charge in [-0.2, -0.15) is 8.42 Å². The van der Waals surface area contributed by atoms with Crippen molar-refractivity contribution in [1.82, 2.24) is 0 Å². The Kier molecular flexibility index (Phi) is 16.2. The van der Waals surface area contributed by atoms with Crippen LogP contribution in [-0.4, -0.2) is 19.6 Å². The van der Waals surface area contributed by atoms with Gasteiger partial charge >= 0.3 is 10.4 Å². The summed E-state index contributed by atoms with van der Waals surface area (Å²) in [4.78, 5) is 0. The highest BCUT2D eigenvalue weighted by Crippen LogP contribution is 2.10. The standard InChI is InChI=1S/C18H36O4S/c1-2-3-4-5-6-7-8-9-10-11-12-13-14-15-16-17-18-22-23(19,20)21/h9-10H,2-8,11-18H2,1H3,(H,19,20,21)/b10-9+. The van der Waals surface area contributed by atoms with Gasteiger partial charge in [-0.3, -0.25) is 4.55 Å². The fraction of sp³-hybridized carbons (Fsp3) is 0.889. The van der Waals surface area contributed by atoms with E-state index in [0.29, 0.717) is 6.42 Å². The van der Waals surface area contributed by atoms with Gasteiger partial charge in [0.15, 0.2) is 0 Å². The van der Waals surface area contributed by atoms with Gasteiger partial charge in [-0.05, 0) is 32.1 Å². The Labute approximate surface area is 143 Å². The van der Waals surface area contributed by atoms with E-state index < -0.39 is 10.4 Å². The lowest BCUT2D eigenvalue weighted by Crippen LogP contribution is -2.04. The summed E-state index contributed by atoms with van der Waals surface area (Å²) in [5.41, 5.74) is 0. The van der Waals surface area contributed by atoms with Crippen molar-refractivity contribution in [3.05, 3.63) is 12.2 Å². The summed E-state index contributed by atoms with van der Waals surface area (Å²) in [7, 11) is -4.25. The zero-order valence-corrected chi connectivity index (χ0v) is 15.7. The van der Waals surface area contributed by atoms with E-state index in [1.165, 1.54) is 70.6 Å². The lowest BCUT2D eigenvalue weighted by molar-refractivity contribution is 0.261. The maximum Gasteiger partial charge on any atom is 0.397 e. The molecule has 0 fully saturated rings. The van der Waals surface area contributed by atoms with Crippen LogP contribution in [0.25, 0.3) is 0 Å². The van der Waals surface area contributed by atoms with E-state index in [0.717, 1.165) is 12.8 Å². The molecule has 0 aliphatic carbocycles. The molecule has 0 atom stereocenters. The summed E-state index contributed by atoms with van der Waals surface area (Å²) in [6, 6.07) is 0.